The van der Waals surface area contributed by atoms with E-state index in [4.69, 9.17) is 9.47 Å². The zero-order valence-corrected chi connectivity index (χ0v) is 18.7. The highest BCUT2D eigenvalue weighted by Crippen LogP contribution is 2.27. The molecule has 3 aromatic rings. The summed E-state index contributed by atoms with van der Waals surface area (Å²) < 4.78 is 12.2. The largest absolute Gasteiger partial charge is 0.493 e. The van der Waals surface area contributed by atoms with E-state index < -0.39 is 0 Å². The average molecular weight is 427 g/mol. The van der Waals surface area contributed by atoms with Crippen LogP contribution in [0.15, 0.2) is 41.2 Å². The number of ether oxygens (including phenoxy) is 2. The Bertz CT molecular complexity index is 1110. The van der Waals surface area contributed by atoms with Crippen molar-refractivity contribution in [3.63, 3.8) is 0 Å². The van der Waals surface area contributed by atoms with Crippen LogP contribution in [-0.2, 0) is 13.1 Å². The molecule has 0 atom stereocenters. The molecule has 0 fully saturated rings. The Labute approximate surface area is 180 Å². The first kappa shape index (κ1) is 21.6. The van der Waals surface area contributed by atoms with Crippen molar-refractivity contribution < 1.29 is 14.3 Å². The topological polar surface area (TPSA) is 69.6 Å². The number of thiazole rings is 1. The fourth-order valence-electron chi connectivity index (χ4n) is 3.38. The van der Waals surface area contributed by atoms with E-state index in [1.165, 1.54) is 0 Å². The van der Waals surface area contributed by atoms with Gasteiger partial charge in [0.2, 0.25) is 0 Å². The van der Waals surface area contributed by atoms with Crippen molar-refractivity contribution in [1.82, 2.24) is 9.88 Å². The molecular formula is C23H26N2O4S. The van der Waals surface area contributed by atoms with Crippen LogP contribution in [0.3, 0.4) is 0 Å². The van der Waals surface area contributed by atoms with Crippen LogP contribution in [0.4, 0.5) is 0 Å². The number of aryl methyl sites for hydroxylation is 2. The van der Waals surface area contributed by atoms with E-state index in [1.807, 2.05) is 51.1 Å². The van der Waals surface area contributed by atoms with Gasteiger partial charge in [0.25, 0.3) is 5.91 Å². The Morgan fingerprint density at radius 2 is 1.70 bits per heavy atom. The minimum absolute atomic E-state index is 0.133. The molecule has 0 bridgehead atoms. The number of hydrogen-bond donors (Lipinski definition) is 1. The predicted octanol–water partition coefficient (Wildman–Crippen LogP) is 3.83. The number of aromatic nitrogens is 1. The molecule has 6 nitrogen and oxygen atoms in total. The summed E-state index contributed by atoms with van der Waals surface area (Å²) in [5, 5.41) is 2.89. The lowest BCUT2D eigenvalue weighted by Gasteiger charge is -2.12. The van der Waals surface area contributed by atoms with Gasteiger partial charge in [-0.25, -0.2) is 0 Å². The van der Waals surface area contributed by atoms with Gasteiger partial charge < -0.3 is 14.8 Å². The number of methoxy groups -OCH3 is 2. The second-order valence-electron chi connectivity index (χ2n) is 7.11. The fourth-order valence-corrected chi connectivity index (χ4v) is 4.29. The molecule has 0 spiro atoms. The van der Waals surface area contributed by atoms with E-state index in [9.17, 15) is 9.59 Å². The van der Waals surface area contributed by atoms with Crippen LogP contribution in [0.25, 0.3) is 0 Å². The molecule has 0 saturated heterocycles. The summed E-state index contributed by atoms with van der Waals surface area (Å²) in [6.07, 6.45) is 0. The maximum Gasteiger partial charge on any atom is 0.308 e. The van der Waals surface area contributed by atoms with Crippen molar-refractivity contribution in [2.75, 3.05) is 14.2 Å². The zero-order valence-electron chi connectivity index (χ0n) is 17.9. The first-order chi connectivity index (χ1) is 14.3. The lowest BCUT2D eigenvalue weighted by atomic mass is 10.0. The van der Waals surface area contributed by atoms with Gasteiger partial charge in [-0.1, -0.05) is 35.6 Å². The lowest BCUT2D eigenvalue weighted by Crippen LogP contribution is -2.23. The number of rotatable bonds is 7. The number of hydrogen-bond acceptors (Lipinski definition) is 5. The summed E-state index contributed by atoms with van der Waals surface area (Å²) in [5.41, 5.74) is 4.93. The molecular weight excluding hydrogens is 400 g/mol. The Balaban J connectivity index is 1.78. The highest BCUT2D eigenvalue weighted by Gasteiger charge is 2.19. The van der Waals surface area contributed by atoms with Crippen LogP contribution in [-0.4, -0.2) is 24.7 Å². The van der Waals surface area contributed by atoms with Gasteiger partial charge in [0.15, 0.2) is 11.5 Å². The summed E-state index contributed by atoms with van der Waals surface area (Å²) in [4.78, 5) is 25.7. The maximum atomic E-state index is 12.8. The molecule has 0 aliphatic heterocycles. The molecule has 1 N–H and O–H groups in total. The Hall–Kier alpha value is -3.06. The zero-order chi connectivity index (χ0) is 21.8. The Morgan fingerprint density at radius 1 is 1.03 bits per heavy atom. The van der Waals surface area contributed by atoms with Gasteiger partial charge >= 0.3 is 4.87 Å². The lowest BCUT2D eigenvalue weighted by molar-refractivity contribution is 0.0954. The smallest absolute Gasteiger partial charge is 0.308 e. The van der Waals surface area contributed by atoms with Gasteiger partial charge in [0.05, 0.1) is 20.8 Å². The van der Waals surface area contributed by atoms with E-state index >= 15 is 0 Å². The molecule has 3 rings (SSSR count). The minimum Gasteiger partial charge on any atom is -0.493 e. The van der Waals surface area contributed by atoms with Crippen molar-refractivity contribution in [2.45, 2.75) is 33.9 Å². The van der Waals surface area contributed by atoms with E-state index in [-0.39, 0.29) is 10.8 Å². The molecule has 2 aromatic carbocycles. The van der Waals surface area contributed by atoms with Crippen molar-refractivity contribution in [1.29, 1.82) is 0 Å². The van der Waals surface area contributed by atoms with Crippen LogP contribution < -0.4 is 19.7 Å². The molecule has 0 aliphatic rings. The van der Waals surface area contributed by atoms with E-state index in [2.05, 4.69) is 5.32 Å². The second kappa shape index (κ2) is 9.17. The third kappa shape index (κ3) is 4.41. The SMILES string of the molecule is COc1ccc(CNC(=O)c2sc(=O)n(Cc3c(C)cccc3C)c2C)cc1OC. The van der Waals surface area contributed by atoms with Crippen LogP contribution in [0, 0.1) is 20.8 Å². The van der Waals surface area contributed by atoms with Gasteiger partial charge in [0, 0.05) is 12.2 Å². The van der Waals surface area contributed by atoms with E-state index in [1.54, 1.807) is 24.9 Å². The molecule has 158 valence electrons. The highest BCUT2D eigenvalue weighted by molar-refractivity contribution is 7.11. The number of amides is 1. The molecule has 1 aromatic heterocycles. The number of nitrogens with zero attached hydrogens (tertiary/aromatic N) is 1. The first-order valence-corrected chi connectivity index (χ1v) is 10.4. The van der Waals surface area contributed by atoms with Crippen molar-refractivity contribution in [3.05, 3.63) is 78.9 Å². The summed E-state index contributed by atoms with van der Waals surface area (Å²) in [7, 11) is 3.15. The van der Waals surface area contributed by atoms with Crippen LogP contribution >= 0.6 is 11.3 Å². The van der Waals surface area contributed by atoms with Crippen molar-refractivity contribution in [3.8, 4) is 11.5 Å². The quantitative estimate of drug-likeness (QED) is 0.623. The second-order valence-corrected chi connectivity index (χ2v) is 8.07. The monoisotopic (exact) mass is 426 g/mol. The number of benzene rings is 2. The number of carbonyl (C=O) groups excluding carboxylic acids is 1. The van der Waals surface area contributed by atoms with E-state index in [0.29, 0.717) is 35.2 Å². The summed E-state index contributed by atoms with van der Waals surface area (Å²) in [5.74, 6) is 0.972. The highest BCUT2D eigenvalue weighted by atomic mass is 32.1. The summed E-state index contributed by atoms with van der Waals surface area (Å²) >= 11 is 0.980. The van der Waals surface area contributed by atoms with Gasteiger partial charge in [-0.05, 0) is 55.2 Å². The third-order valence-electron chi connectivity index (χ3n) is 5.21. The summed E-state index contributed by atoms with van der Waals surface area (Å²) in [6, 6.07) is 11.6. The number of carbonyl (C=O) groups is 1. The summed E-state index contributed by atoms with van der Waals surface area (Å²) in [6.45, 7) is 6.67. The molecule has 0 radical (unpaired) electrons. The average Bonchev–Trinajstić information content (AvgIpc) is 3.02. The minimum atomic E-state index is -0.260. The van der Waals surface area contributed by atoms with Crippen LogP contribution in [0.1, 0.15) is 37.6 Å². The normalized spacial score (nSPS) is 10.7. The van der Waals surface area contributed by atoms with E-state index in [0.717, 1.165) is 33.6 Å². The van der Waals surface area contributed by atoms with Crippen molar-refractivity contribution in [2.24, 2.45) is 0 Å². The molecule has 1 heterocycles. The Kier molecular flexibility index (Phi) is 6.62. The van der Waals surface area contributed by atoms with Gasteiger partial charge in [-0.15, -0.1) is 0 Å². The molecule has 1 amide bonds. The molecule has 0 aliphatic carbocycles. The molecule has 7 heteroatoms. The number of nitrogens with one attached hydrogen (secondary N) is 1. The molecule has 0 unspecified atom stereocenters. The van der Waals surface area contributed by atoms with Gasteiger partial charge in [0.1, 0.15) is 4.88 Å². The van der Waals surface area contributed by atoms with Gasteiger partial charge in [-0.3, -0.25) is 14.2 Å². The first-order valence-electron chi connectivity index (χ1n) is 9.60. The maximum absolute atomic E-state index is 12.8. The third-order valence-corrected chi connectivity index (χ3v) is 6.29. The Morgan fingerprint density at radius 3 is 2.33 bits per heavy atom. The van der Waals surface area contributed by atoms with Crippen LogP contribution in [0.2, 0.25) is 0 Å². The molecule has 0 saturated carbocycles. The van der Waals surface area contributed by atoms with Crippen LogP contribution in [0.5, 0.6) is 11.5 Å². The van der Waals surface area contributed by atoms with Crippen molar-refractivity contribution >= 4 is 17.2 Å². The predicted molar refractivity (Wildman–Crippen MR) is 119 cm³/mol. The van der Waals surface area contributed by atoms with Gasteiger partial charge in [-0.2, -0.15) is 0 Å². The molecule has 30 heavy (non-hydrogen) atoms. The fraction of sp³-hybridized carbons (Fsp3) is 0.304. The standard InChI is InChI=1S/C23H26N2O4S/c1-14-7-6-8-15(2)18(14)13-25-16(3)21(30-23(25)27)22(26)24-12-17-9-10-19(28-4)20(11-17)29-5/h6-11H,12-13H2,1-5H3,(H,24,26).